The van der Waals surface area contributed by atoms with Gasteiger partial charge in [0, 0.05) is 28.4 Å². The highest BCUT2D eigenvalue weighted by Gasteiger charge is 2.56. The quantitative estimate of drug-likeness (QED) is 0.364. The van der Waals surface area contributed by atoms with Gasteiger partial charge in [0.05, 0.1) is 17.9 Å². The Morgan fingerprint density at radius 3 is 2.27 bits per heavy atom. The normalized spacial score (nSPS) is 25.0. The Balaban J connectivity index is 2.25. The van der Waals surface area contributed by atoms with Crippen LogP contribution in [-0.2, 0) is 9.59 Å². The number of hydrogen-bond donors (Lipinski definition) is 2. The highest BCUT2D eigenvalue weighted by atomic mass is 35.5. The largest absolute Gasteiger partial charge is 0.481 e. The number of halogens is 5. The Morgan fingerprint density at radius 1 is 1.14 bits per heavy atom. The van der Waals surface area contributed by atoms with E-state index in [2.05, 4.69) is 0 Å². The van der Waals surface area contributed by atoms with Gasteiger partial charge < -0.3 is 15.1 Å². The van der Waals surface area contributed by atoms with Crippen molar-refractivity contribution in [2.75, 3.05) is 0 Å². The molecule has 5 nitrogen and oxygen atoms in total. The molecule has 0 saturated carbocycles. The number of aliphatic carboxylic acids is 1. The molecule has 1 saturated heterocycles. The molecule has 1 aliphatic heterocycles. The molecule has 2 aromatic rings. The summed E-state index contributed by atoms with van der Waals surface area (Å²) < 4.78 is 41.1. The Labute approximate surface area is 224 Å². The summed E-state index contributed by atoms with van der Waals surface area (Å²) in [5.74, 6) is -2.26. The average Bonchev–Trinajstić information content (AvgIpc) is 2.78. The highest BCUT2D eigenvalue weighted by Crippen LogP contribution is 2.53. The molecule has 0 radical (unpaired) electrons. The van der Waals surface area contributed by atoms with Crippen molar-refractivity contribution >= 4 is 35.1 Å². The van der Waals surface area contributed by atoms with Gasteiger partial charge in [0.2, 0.25) is 5.91 Å². The summed E-state index contributed by atoms with van der Waals surface area (Å²) in [6.07, 6.45) is -5.96. The highest BCUT2D eigenvalue weighted by molar-refractivity contribution is 6.30. The molecule has 10 heteroatoms. The van der Waals surface area contributed by atoms with Crippen LogP contribution in [0.1, 0.15) is 69.5 Å². The third-order valence-corrected chi connectivity index (χ3v) is 7.73. The summed E-state index contributed by atoms with van der Waals surface area (Å²) in [6, 6.07) is 11.8. The van der Waals surface area contributed by atoms with E-state index in [1.54, 1.807) is 55.5 Å². The van der Waals surface area contributed by atoms with Gasteiger partial charge in [-0.2, -0.15) is 13.2 Å². The number of rotatable bonds is 8. The topological polar surface area (TPSA) is 77.8 Å². The maximum Gasteiger partial charge on any atom is 0.416 e. The molecule has 1 heterocycles. The van der Waals surface area contributed by atoms with Crippen molar-refractivity contribution in [2.24, 2.45) is 5.41 Å². The first-order chi connectivity index (χ1) is 17.1. The lowest BCUT2D eigenvalue weighted by Crippen LogP contribution is -2.58. The number of carbonyl (C=O) groups excluding carboxylic acids is 1. The number of benzene rings is 2. The number of carboxylic acid groups (broad SMARTS) is 1. The van der Waals surface area contributed by atoms with E-state index in [0.717, 1.165) is 5.56 Å². The lowest BCUT2D eigenvalue weighted by molar-refractivity contribution is -0.259. The van der Waals surface area contributed by atoms with Gasteiger partial charge in [0.15, 0.2) is 5.60 Å². The van der Waals surface area contributed by atoms with Crippen molar-refractivity contribution in [1.82, 2.24) is 4.90 Å². The van der Waals surface area contributed by atoms with Crippen LogP contribution in [-0.4, -0.2) is 44.8 Å². The Kier molecular flexibility index (Phi) is 8.57. The number of amides is 1. The molecule has 3 rings (SSSR count). The van der Waals surface area contributed by atoms with Crippen LogP contribution in [0.5, 0.6) is 0 Å². The van der Waals surface area contributed by atoms with E-state index in [1.165, 1.54) is 11.8 Å². The second kappa shape index (κ2) is 10.8. The lowest BCUT2D eigenvalue weighted by Gasteiger charge is -2.52. The summed E-state index contributed by atoms with van der Waals surface area (Å²) in [5.41, 5.74) is -3.12. The van der Waals surface area contributed by atoms with Crippen LogP contribution < -0.4 is 0 Å². The van der Waals surface area contributed by atoms with Crippen molar-refractivity contribution in [1.29, 1.82) is 0 Å². The van der Waals surface area contributed by atoms with Gasteiger partial charge in [-0.3, -0.25) is 9.59 Å². The number of hydrogen-bond acceptors (Lipinski definition) is 3. The summed E-state index contributed by atoms with van der Waals surface area (Å²) in [4.78, 5) is 27.2. The number of piperidine rings is 1. The van der Waals surface area contributed by atoms with E-state index in [-0.39, 0.29) is 12.8 Å². The van der Waals surface area contributed by atoms with Crippen molar-refractivity contribution in [2.45, 2.75) is 76.2 Å². The van der Waals surface area contributed by atoms with Crippen LogP contribution in [0.4, 0.5) is 13.2 Å². The first kappa shape index (κ1) is 29.3. The molecule has 0 spiro atoms. The number of carbonyl (C=O) groups is 2. The summed E-state index contributed by atoms with van der Waals surface area (Å²) >= 11 is 12.4. The van der Waals surface area contributed by atoms with Crippen molar-refractivity contribution < 1.29 is 33.0 Å². The molecule has 0 bridgehead atoms. The van der Waals surface area contributed by atoms with Crippen molar-refractivity contribution in [3.63, 3.8) is 0 Å². The number of alkyl halides is 3. The van der Waals surface area contributed by atoms with Gasteiger partial charge in [-0.05, 0) is 55.2 Å². The van der Waals surface area contributed by atoms with Gasteiger partial charge in [-0.25, -0.2) is 0 Å². The molecular weight excluding hydrogens is 530 g/mol. The zero-order valence-corrected chi connectivity index (χ0v) is 22.2. The van der Waals surface area contributed by atoms with Crippen LogP contribution in [0.15, 0.2) is 48.5 Å². The third kappa shape index (κ3) is 6.24. The minimum Gasteiger partial charge on any atom is -0.481 e. The van der Waals surface area contributed by atoms with Crippen LogP contribution >= 0.6 is 23.2 Å². The van der Waals surface area contributed by atoms with Crippen molar-refractivity contribution in [3.05, 3.63) is 69.7 Å². The van der Waals surface area contributed by atoms with E-state index in [1.807, 2.05) is 0 Å². The van der Waals surface area contributed by atoms with Gasteiger partial charge >= 0.3 is 12.1 Å². The minimum atomic E-state index is -4.92. The number of likely N-dealkylation sites (tertiary alicyclic amines) is 1. The first-order valence-corrected chi connectivity index (χ1v) is 12.7. The van der Waals surface area contributed by atoms with E-state index >= 15 is 0 Å². The molecule has 0 aromatic heterocycles. The fourth-order valence-corrected chi connectivity index (χ4v) is 5.62. The van der Waals surface area contributed by atoms with E-state index in [0.29, 0.717) is 22.5 Å². The maximum atomic E-state index is 14.1. The molecule has 0 aliphatic carbocycles. The lowest BCUT2D eigenvalue weighted by atomic mass is 9.66. The predicted octanol–water partition coefficient (Wildman–Crippen LogP) is 7.01. The van der Waals surface area contributed by atoms with Crippen LogP contribution in [0.2, 0.25) is 10.0 Å². The second-order valence-corrected chi connectivity index (χ2v) is 11.1. The zero-order chi connectivity index (χ0) is 27.8. The van der Waals surface area contributed by atoms with Gasteiger partial charge in [-0.15, -0.1) is 0 Å². The molecule has 5 atom stereocenters. The number of nitrogens with zero attached hydrogens (tertiary/aromatic N) is 1. The van der Waals surface area contributed by atoms with E-state index < -0.39 is 59.9 Å². The van der Waals surface area contributed by atoms with Crippen molar-refractivity contribution in [3.8, 4) is 0 Å². The molecule has 0 unspecified atom stereocenters. The molecular formula is C27H30Cl2F3NO4. The Hall–Kier alpha value is -2.29. The number of aliphatic hydroxyl groups is 1. The van der Waals surface area contributed by atoms with Crippen LogP contribution in [0, 0.1) is 5.41 Å². The third-order valence-electron chi connectivity index (χ3n) is 7.24. The van der Waals surface area contributed by atoms with Gasteiger partial charge in [0.25, 0.3) is 0 Å². The molecule has 1 amide bonds. The second-order valence-electron chi connectivity index (χ2n) is 10.2. The van der Waals surface area contributed by atoms with Crippen LogP contribution in [0.25, 0.3) is 0 Å². The standard InChI is InChI=1S/C27H30Cl2F3NO4/c1-4-20(13-26(3,37)27(30,31)32)33-23(16-8-10-18(28)11-9-16)21(17-6-5-7-19(29)12-17)14-25(2,24(33)36)15-22(34)35/h5-12,20-21,23,37H,4,13-15H2,1-3H3,(H,34,35)/t20-,21+,23+,25-,26+/m0/s1. The van der Waals surface area contributed by atoms with Gasteiger partial charge in [0.1, 0.15) is 0 Å². The van der Waals surface area contributed by atoms with E-state index in [4.69, 9.17) is 23.2 Å². The fraction of sp³-hybridized carbons (Fsp3) is 0.481. The summed E-state index contributed by atoms with van der Waals surface area (Å²) in [5, 5.41) is 20.9. The molecule has 2 aromatic carbocycles. The summed E-state index contributed by atoms with van der Waals surface area (Å²) in [6.45, 7) is 3.85. The Bertz CT molecular complexity index is 1140. The number of carboxylic acids is 1. The SMILES string of the molecule is CC[C@@H](C[C@@](C)(O)C(F)(F)F)N1C(=O)[C@](C)(CC(=O)O)C[C@H](c2cccc(Cl)c2)[C@H]1c1ccc(Cl)cc1. The smallest absolute Gasteiger partial charge is 0.416 e. The Morgan fingerprint density at radius 2 is 1.76 bits per heavy atom. The van der Waals surface area contributed by atoms with E-state index in [9.17, 15) is 33.0 Å². The molecule has 2 N–H and O–H groups in total. The summed E-state index contributed by atoms with van der Waals surface area (Å²) in [7, 11) is 0. The molecule has 37 heavy (non-hydrogen) atoms. The predicted molar refractivity (Wildman–Crippen MR) is 136 cm³/mol. The molecule has 1 aliphatic rings. The maximum absolute atomic E-state index is 14.1. The fourth-order valence-electron chi connectivity index (χ4n) is 5.29. The monoisotopic (exact) mass is 559 g/mol. The minimum absolute atomic E-state index is 0.105. The van der Waals surface area contributed by atoms with Gasteiger partial charge in [-0.1, -0.05) is 61.3 Å². The first-order valence-electron chi connectivity index (χ1n) is 11.9. The van der Waals surface area contributed by atoms with Crippen LogP contribution in [0.3, 0.4) is 0 Å². The molecule has 1 fully saturated rings. The zero-order valence-electron chi connectivity index (χ0n) is 20.7. The molecule has 202 valence electrons. The average molecular weight is 560 g/mol.